The van der Waals surface area contributed by atoms with Gasteiger partial charge in [-0.3, -0.25) is 4.90 Å². The van der Waals surface area contributed by atoms with Gasteiger partial charge in [-0.25, -0.2) is 0 Å². The maximum absolute atomic E-state index is 6.23. The van der Waals surface area contributed by atoms with Gasteiger partial charge < -0.3 is 5.32 Å². The van der Waals surface area contributed by atoms with E-state index in [1.54, 1.807) is 11.3 Å². The molecule has 1 aromatic heterocycles. The van der Waals surface area contributed by atoms with Crippen LogP contribution < -0.4 is 5.32 Å². The lowest BCUT2D eigenvalue weighted by Crippen LogP contribution is -2.34. The van der Waals surface area contributed by atoms with Crippen LogP contribution in [-0.4, -0.2) is 31.6 Å². The minimum Gasteiger partial charge on any atom is -0.317 e. The van der Waals surface area contributed by atoms with Crippen LogP contribution in [0.15, 0.2) is 10.5 Å². The van der Waals surface area contributed by atoms with Crippen LogP contribution in [0.3, 0.4) is 0 Å². The van der Waals surface area contributed by atoms with E-state index in [0.29, 0.717) is 12.0 Å². The molecule has 2 rings (SSSR count). The van der Waals surface area contributed by atoms with Crippen LogP contribution in [-0.2, 0) is 0 Å². The zero-order valence-corrected chi connectivity index (χ0v) is 14.7. The number of nitrogens with one attached hydrogen (secondary N) is 1. The van der Waals surface area contributed by atoms with Gasteiger partial charge in [-0.15, -0.1) is 11.3 Å². The van der Waals surface area contributed by atoms with Gasteiger partial charge in [0.15, 0.2) is 0 Å². The van der Waals surface area contributed by atoms with Crippen LogP contribution in [0.25, 0.3) is 0 Å². The first-order valence-corrected chi connectivity index (χ1v) is 8.98. The summed E-state index contributed by atoms with van der Waals surface area (Å²) in [5.74, 6) is 0.675. The summed E-state index contributed by atoms with van der Waals surface area (Å²) in [6.45, 7) is 5.49. The molecule has 2 heterocycles. The number of likely N-dealkylation sites (tertiary alicyclic amines) is 1. The molecule has 1 N–H and O–H groups in total. The van der Waals surface area contributed by atoms with Gasteiger partial charge in [0, 0.05) is 15.4 Å². The van der Waals surface area contributed by atoms with Crippen molar-refractivity contribution in [2.45, 2.75) is 32.2 Å². The number of rotatable bonds is 4. The molecule has 0 aliphatic carbocycles. The summed E-state index contributed by atoms with van der Waals surface area (Å²) in [6, 6.07) is 2.70. The highest BCUT2D eigenvalue weighted by Gasteiger charge is 2.30. The van der Waals surface area contributed by atoms with Gasteiger partial charge in [-0.1, -0.05) is 24.9 Å². The van der Waals surface area contributed by atoms with Crippen molar-refractivity contribution in [3.8, 4) is 0 Å². The molecule has 0 spiro atoms. The van der Waals surface area contributed by atoms with E-state index in [2.05, 4.69) is 46.2 Å². The van der Waals surface area contributed by atoms with Gasteiger partial charge in [-0.05, 0) is 67.4 Å². The normalized spacial score (nSPS) is 25.5. The molecule has 5 heteroatoms. The van der Waals surface area contributed by atoms with Crippen molar-refractivity contribution < 1.29 is 0 Å². The minimum atomic E-state index is 0.496. The lowest BCUT2D eigenvalue weighted by atomic mass is 9.93. The van der Waals surface area contributed by atoms with Crippen molar-refractivity contribution in [3.63, 3.8) is 0 Å². The first-order chi connectivity index (χ1) is 9.13. The summed E-state index contributed by atoms with van der Waals surface area (Å²) in [5.41, 5.74) is 0. The van der Waals surface area contributed by atoms with E-state index in [9.17, 15) is 0 Å². The molecule has 108 valence electrons. The molecule has 19 heavy (non-hydrogen) atoms. The van der Waals surface area contributed by atoms with Gasteiger partial charge in [0.05, 0.1) is 0 Å². The minimum absolute atomic E-state index is 0.496. The van der Waals surface area contributed by atoms with Crippen molar-refractivity contribution >= 4 is 38.9 Å². The molecule has 0 amide bonds. The molecule has 1 saturated heterocycles. The highest BCUT2D eigenvalue weighted by Crippen LogP contribution is 2.42. The molecule has 0 aromatic carbocycles. The Kier molecular flexibility index (Phi) is 6.15. The highest BCUT2D eigenvalue weighted by molar-refractivity contribution is 9.10. The number of hydrogen-bond acceptors (Lipinski definition) is 3. The summed E-state index contributed by atoms with van der Waals surface area (Å²) in [5, 5.41) is 3.52. The lowest BCUT2D eigenvalue weighted by Gasteiger charge is -2.31. The molecular weight excluding hydrogens is 344 g/mol. The SMILES string of the molecule is CCNCC1CCCCN(C)C1c1cc(Br)c(Cl)s1. The van der Waals surface area contributed by atoms with E-state index < -0.39 is 0 Å². The Morgan fingerprint density at radius 2 is 2.32 bits per heavy atom. The number of halogens is 2. The average Bonchev–Trinajstić information content (AvgIpc) is 2.60. The van der Waals surface area contributed by atoms with E-state index in [4.69, 9.17) is 11.6 Å². The Labute approximate surface area is 133 Å². The second kappa shape index (κ2) is 7.41. The van der Waals surface area contributed by atoms with Gasteiger partial charge in [0.2, 0.25) is 0 Å². The van der Waals surface area contributed by atoms with Crippen LogP contribution in [0.1, 0.15) is 37.1 Å². The van der Waals surface area contributed by atoms with Crippen molar-refractivity contribution in [2.24, 2.45) is 5.92 Å². The molecule has 2 nitrogen and oxygen atoms in total. The Bertz CT molecular complexity index is 391. The summed E-state index contributed by atoms with van der Waals surface area (Å²) in [6.07, 6.45) is 3.93. The van der Waals surface area contributed by atoms with Gasteiger partial charge >= 0.3 is 0 Å². The summed E-state index contributed by atoms with van der Waals surface area (Å²) < 4.78 is 1.91. The third-order valence-electron chi connectivity index (χ3n) is 3.87. The molecule has 1 aromatic rings. The summed E-state index contributed by atoms with van der Waals surface area (Å²) in [7, 11) is 2.25. The fraction of sp³-hybridized carbons (Fsp3) is 0.714. The number of thiophene rings is 1. The van der Waals surface area contributed by atoms with E-state index >= 15 is 0 Å². The topological polar surface area (TPSA) is 15.3 Å². The molecule has 1 fully saturated rings. The fourth-order valence-corrected chi connectivity index (χ4v) is 4.92. The van der Waals surface area contributed by atoms with Crippen molar-refractivity contribution in [1.29, 1.82) is 0 Å². The molecule has 1 aliphatic rings. The molecule has 0 radical (unpaired) electrons. The molecular formula is C14H22BrClN2S. The monoisotopic (exact) mass is 364 g/mol. The van der Waals surface area contributed by atoms with E-state index in [0.717, 1.165) is 21.9 Å². The van der Waals surface area contributed by atoms with Crippen molar-refractivity contribution in [2.75, 3.05) is 26.7 Å². The van der Waals surface area contributed by atoms with E-state index in [1.165, 1.54) is 30.7 Å². The predicted octanol–water partition coefficient (Wildman–Crippen LogP) is 4.55. The van der Waals surface area contributed by atoms with Crippen LogP contribution in [0.4, 0.5) is 0 Å². The second-order valence-corrected chi connectivity index (χ2v) is 7.80. The fourth-order valence-electron chi connectivity index (χ4n) is 2.93. The van der Waals surface area contributed by atoms with Crippen molar-refractivity contribution in [1.82, 2.24) is 10.2 Å². The van der Waals surface area contributed by atoms with Gasteiger partial charge in [0.25, 0.3) is 0 Å². The molecule has 1 aliphatic heterocycles. The quantitative estimate of drug-likeness (QED) is 0.842. The Morgan fingerprint density at radius 1 is 1.53 bits per heavy atom. The van der Waals surface area contributed by atoms with Crippen molar-refractivity contribution in [3.05, 3.63) is 19.8 Å². The van der Waals surface area contributed by atoms with Crippen LogP contribution in [0.5, 0.6) is 0 Å². The van der Waals surface area contributed by atoms with Gasteiger partial charge in [0.1, 0.15) is 4.34 Å². The smallest absolute Gasteiger partial charge is 0.107 e. The Morgan fingerprint density at radius 3 is 2.95 bits per heavy atom. The Balaban J connectivity index is 2.22. The number of hydrogen-bond donors (Lipinski definition) is 1. The average molecular weight is 366 g/mol. The maximum Gasteiger partial charge on any atom is 0.107 e. The third kappa shape index (κ3) is 3.94. The van der Waals surface area contributed by atoms with Crippen LogP contribution >= 0.6 is 38.9 Å². The molecule has 0 saturated carbocycles. The highest BCUT2D eigenvalue weighted by atomic mass is 79.9. The molecule has 0 bridgehead atoms. The van der Waals surface area contributed by atoms with Crippen LogP contribution in [0.2, 0.25) is 4.34 Å². The van der Waals surface area contributed by atoms with Gasteiger partial charge in [-0.2, -0.15) is 0 Å². The standard InChI is InChI=1S/C14H22BrClN2S/c1-3-17-9-10-6-4-5-7-18(2)13(10)12-8-11(15)14(16)19-12/h8,10,13,17H,3-7,9H2,1-2H3. The first kappa shape index (κ1) is 15.8. The second-order valence-electron chi connectivity index (χ2n) is 5.26. The third-order valence-corrected chi connectivity index (χ3v) is 6.41. The maximum atomic E-state index is 6.23. The summed E-state index contributed by atoms with van der Waals surface area (Å²) >= 11 is 11.5. The first-order valence-electron chi connectivity index (χ1n) is 6.99. The lowest BCUT2D eigenvalue weighted by molar-refractivity contribution is 0.193. The number of nitrogens with zero attached hydrogens (tertiary/aromatic N) is 1. The molecule has 2 atom stereocenters. The Hall–Kier alpha value is 0.390. The predicted molar refractivity (Wildman–Crippen MR) is 88.3 cm³/mol. The van der Waals surface area contributed by atoms with E-state index in [1.807, 2.05) is 0 Å². The largest absolute Gasteiger partial charge is 0.317 e. The van der Waals surface area contributed by atoms with E-state index in [-0.39, 0.29) is 0 Å². The zero-order chi connectivity index (χ0) is 13.8. The molecule has 2 unspecified atom stereocenters. The zero-order valence-electron chi connectivity index (χ0n) is 11.6. The summed E-state index contributed by atoms with van der Waals surface area (Å²) in [4.78, 5) is 3.90. The van der Waals surface area contributed by atoms with Crippen LogP contribution in [0, 0.1) is 5.92 Å².